The number of carbonyl (C=O) groups is 1. The molecule has 0 aliphatic rings. The molecule has 6 nitrogen and oxygen atoms in total. The highest BCUT2D eigenvalue weighted by molar-refractivity contribution is 7.99. The van der Waals surface area contributed by atoms with Gasteiger partial charge in [0.1, 0.15) is 5.76 Å². The molecular weight excluding hydrogens is 346 g/mol. The van der Waals surface area contributed by atoms with Crippen molar-refractivity contribution in [3.05, 3.63) is 40.0 Å². The maximum atomic E-state index is 12.2. The first-order valence-electron chi connectivity index (χ1n) is 7.32. The van der Waals surface area contributed by atoms with E-state index in [2.05, 4.69) is 23.2 Å². The summed E-state index contributed by atoms with van der Waals surface area (Å²) in [5, 5.41) is 10.4. The summed E-state index contributed by atoms with van der Waals surface area (Å²) in [7, 11) is 1.80. The van der Waals surface area contributed by atoms with E-state index in [4.69, 9.17) is 8.83 Å². The van der Waals surface area contributed by atoms with Crippen molar-refractivity contribution in [1.82, 2.24) is 15.1 Å². The number of amides is 1. The normalized spacial score (nSPS) is 11.0. The third kappa shape index (κ3) is 3.70. The summed E-state index contributed by atoms with van der Waals surface area (Å²) in [6.07, 6.45) is 1.58. The molecule has 0 radical (unpaired) electrons. The second-order valence-electron chi connectivity index (χ2n) is 5.33. The first-order chi connectivity index (χ1) is 11.5. The summed E-state index contributed by atoms with van der Waals surface area (Å²) in [5.41, 5.74) is 1.98. The van der Waals surface area contributed by atoms with Gasteiger partial charge in [0.15, 0.2) is 0 Å². The highest BCUT2D eigenvalue weighted by Gasteiger charge is 2.16. The lowest BCUT2D eigenvalue weighted by Gasteiger charge is -2.16. The van der Waals surface area contributed by atoms with Crippen LogP contribution in [0.2, 0.25) is 0 Å². The molecule has 0 aliphatic carbocycles. The number of rotatable bonds is 6. The van der Waals surface area contributed by atoms with Crippen molar-refractivity contribution in [2.45, 2.75) is 25.6 Å². The van der Waals surface area contributed by atoms with Crippen LogP contribution in [0.25, 0.3) is 11.5 Å². The zero-order valence-electron chi connectivity index (χ0n) is 13.6. The molecule has 0 bridgehead atoms. The number of hydrogen-bond donors (Lipinski definition) is 0. The van der Waals surface area contributed by atoms with E-state index in [1.54, 1.807) is 35.6 Å². The third-order valence-corrected chi connectivity index (χ3v) is 5.40. The van der Waals surface area contributed by atoms with Gasteiger partial charge in [0.2, 0.25) is 5.91 Å². The van der Waals surface area contributed by atoms with Crippen LogP contribution in [0.1, 0.15) is 16.2 Å². The molecule has 3 rings (SSSR count). The Bertz CT molecular complexity index is 837. The fraction of sp³-hybridized carbons (Fsp3) is 0.312. The van der Waals surface area contributed by atoms with Crippen LogP contribution in [0.3, 0.4) is 0 Å². The average Bonchev–Trinajstić information content (AvgIpc) is 3.27. The van der Waals surface area contributed by atoms with Crippen LogP contribution in [-0.4, -0.2) is 33.8 Å². The second kappa shape index (κ2) is 7.23. The molecule has 0 fully saturated rings. The summed E-state index contributed by atoms with van der Waals surface area (Å²) in [6.45, 7) is 4.50. The monoisotopic (exact) mass is 363 g/mol. The Morgan fingerprint density at radius 3 is 2.83 bits per heavy atom. The van der Waals surface area contributed by atoms with E-state index in [1.807, 2.05) is 12.3 Å². The van der Waals surface area contributed by atoms with Crippen molar-refractivity contribution in [2.24, 2.45) is 0 Å². The number of aromatic nitrogens is 2. The minimum absolute atomic E-state index is 0.0204. The Morgan fingerprint density at radius 2 is 2.17 bits per heavy atom. The minimum atomic E-state index is 0.0204. The number of carbonyl (C=O) groups excluding carboxylic acids is 1. The van der Waals surface area contributed by atoms with Gasteiger partial charge in [0, 0.05) is 11.9 Å². The van der Waals surface area contributed by atoms with Crippen molar-refractivity contribution in [3.63, 3.8) is 0 Å². The second-order valence-corrected chi connectivity index (χ2v) is 7.26. The molecule has 0 spiro atoms. The summed E-state index contributed by atoms with van der Waals surface area (Å²) in [5.74, 6) is 1.40. The zero-order valence-corrected chi connectivity index (χ0v) is 15.2. The van der Waals surface area contributed by atoms with Gasteiger partial charge in [-0.25, -0.2) is 0 Å². The molecule has 8 heteroatoms. The number of hydrogen-bond acceptors (Lipinski definition) is 7. The molecular formula is C16H17N3O3S2. The predicted octanol–water partition coefficient (Wildman–Crippen LogP) is 3.76. The summed E-state index contributed by atoms with van der Waals surface area (Å²) in [6, 6.07) is 3.84. The highest BCUT2D eigenvalue weighted by atomic mass is 32.2. The van der Waals surface area contributed by atoms with Crippen LogP contribution in [0.5, 0.6) is 0 Å². The first kappa shape index (κ1) is 16.8. The molecule has 0 unspecified atom stereocenters. The zero-order chi connectivity index (χ0) is 17.1. The maximum Gasteiger partial charge on any atom is 0.277 e. The molecule has 0 saturated heterocycles. The summed E-state index contributed by atoms with van der Waals surface area (Å²) in [4.78, 5) is 15.2. The third-order valence-electron chi connectivity index (χ3n) is 3.59. The molecule has 0 saturated carbocycles. The molecule has 0 N–H and O–H groups in total. The van der Waals surface area contributed by atoms with Crippen molar-refractivity contribution >= 4 is 29.0 Å². The minimum Gasteiger partial charge on any atom is -0.469 e. The summed E-state index contributed by atoms with van der Waals surface area (Å²) < 4.78 is 10.8. The fourth-order valence-electron chi connectivity index (χ4n) is 2.09. The number of thioether (sulfide) groups is 1. The molecule has 24 heavy (non-hydrogen) atoms. The molecule has 126 valence electrons. The average molecular weight is 363 g/mol. The molecule has 3 aromatic rings. The van der Waals surface area contributed by atoms with Crippen LogP contribution in [0, 0.1) is 13.8 Å². The van der Waals surface area contributed by atoms with Crippen LogP contribution in [0.15, 0.2) is 37.8 Å². The number of furan rings is 1. The quantitative estimate of drug-likeness (QED) is 0.621. The van der Waals surface area contributed by atoms with Crippen LogP contribution >= 0.6 is 23.1 Å². The van der Waals surface area contributed by atoms with Crippen LogP contribution < -0.4 is 0 Å². The fourth-order valence-corrected chi connectivity index (χ4v) is 3.75. The Balaban J connectivity index is 1.56. The number of nitrogens with zero attached hydrogens (tertiary/aromatic N) is 3. The van der Waals surface area contributed by atoms with Crippen molar-refractivity contribution < 1.29 is 13.6 Å². The lowest BCUT2D eigenvalue weighted by molar-refractivity contribution is -0.127. The van der Waals surface area contributed by atoms with Gasteiger partial charge >= 0.3 is 0 Å². The lowest BCUT2D eigenvalue weighted by atomic mass is 10.3. The van der Waals surface area contributed by atoms with Crippen molar-refractivity contribution in [1.29, 1.82) is 0 Å². The van der Waals surface area contributed by atoms with Gasteiger partial charge in [0.25, 0.3) is 11.1 Å². The van der Waals surface area contributed by atoms with E-state index in [9.17, 15) is 4.79 Å². The maximum absolute atomic E-state index is 12.2. The smallest absolute Gasteiger partial charge is 0.277 e. The van der Waals surface area contributed by atoms with Gasteiger partial charge in [-0.3, -0.25) is 4.79 Å². The largest absolute Gasteiger partial charge is 0.469 e. The van der Waals surface area contributed by atoms with E-state index in [0.29, 0.717) is 17.7 Å². The topological polar surface area (TPSA) is 72.4 Å². The van der Waals surface area contributed by atoms with Gasteiger partial charge in [-0.15, -0.1) is 21.5 Å². The van der Waals surface area contributed by atoms with Gasteiger partial charge in [-0.05, 0) is 36.9 Å². The Kier molecular flexibility index (Phi) is 5.06. The van der Waals surface area contributed by atoms with Gasteiger partial charge in [-0.2, -0.15) is 0 Å². The molecule has 0 atom stereocenters. The van der Waals surface area contributed by atoms with Gasteiger partial charge in [-0.1, -0.05) is 11.8 Å². The van der Waals surface area contributed by atoms with E-state index in [-0.39, 0.29) is 11.7 Å². The van der Waals surface area contributed by atoms with Crippen molar-refractivity contribution in [3.8, 4) is 11.5 Å². The van der Waals surface area contributed by atoms with Crippen LogP contribution in [0.4, 0.5) is 0 Å². The number of aryl methyl sites for hydroxylation is 2. The van der Waals surface area contributed by atoms with Gasteiger partial charge in [0.05, 0.1) is 24.1 Å². The molecule has 0 aromatic carbocycles. The highest BCUT2D eigenvalue weighted by Crippen LogP contribution is 2.26. The van der Waals surface area contributed by atoms with Crippen LogP contribution in [-0.2, 0) is 11.3 Å². The Labute approximate surface area is 147 Å². The lowest BCUT2D eigenvalue weighted by Crippen LogP contribution is -2.27. The first-order valence-corrected chi connectivity index (χ1v) is 9.19. The summed E-state index contributed by atoms with van der Waals surface area (Å²) >= 11 is 2.90. The standard InChI is InChI=1S/C16H17N3O3S2/c1-10-5-7-23-13(10)8-19(3)14(20)9-24-16-18-17-15(22-16)12-4-6-21-11(12)2/h4-7H,8-9H2,1-3H3. The Morgan fingerprint density at radius 1 is 1.33 bits per heavy atom. The van der Waals surface area contributed by atoms with E-state index >= 15 is 0 Å². The van der Waals surface area contributed by atoms with Gasteiger partial charge < -0.3 is 13.7 Å². The van der Waals surface area contributed by atoms with E-state index < -0.39 is 0 Å². The van der Waals surface area contributed by atoms with E-state index in [1.165, 1.54) is 22.2 Å². The molecule has 3 aromatic heterocycles. The molecule has 0 aliphatic heterocycles. The number of thiophene rings is 1. The SMILES string of the molecule is Cc1ccsc1CN(C)C(=O)CSc1nnc(-c2ccoc2C)o1. The Hall–Kier alpha value is -2.06. The van der Waals surface area contributed by atoms with E-state index in [0.717, 1.165) is 11.3 Å². The molecule has 3 heterocycles. The predicted molar refractivity (Wildman–Crippen MR) is 93.0 cm³/mol. The molecule has 1 amide bonds. The van der Waals surface area contributed by atoms with Crippen molar-refractivity contribution in [2.75, 3.05) is 12.8 Å².